The van der Waals surface area contributed by atoms with Crippen LogP contribution in [0.3, 0.4) is 0 Å². The first-order chi connectivity index (χ1) is 14.2. The van der Waals surface area contributed by atoms with Crippen molar-refractivity contribution in [3.63, 3.8) is 0 Å². The molecule has 0 aliphatic carbocycles. The molecule has 0 saturated carbocycles. The zero-order valence-corrected chi connectivity index (χ0v) is 17.1. The number of nitrogens with one attached hydrogen (secondary N) is 2. The molecule has 0 spiro atoms. The standard InChI is InChI=1S/C24H29N3O2/c1-19(26-13-11-21(12-14-26)20-5-3-2-4-6-20)24(28)25-22-7-9-23(10-8-22)27-15-17-29-18-16-27/h2-11,19H,12-18H2,1H3,(H,25,28)/p+1/t19-/m1/s1. The summed E-state index contributed by atoms with van der Waals surface area (Å²) >= 11 is 0. The number of morpholine rings is 1. The summed E-state index contributed by atoms with van der Waals surface area (Å²) in [6.45, 7) is 7.26. The van der Waals surface area contributed by atoms with Gasteiger partial charge in [0.1, 0.15) is 0 Å². The second kappa shape index (κ2) is 9.25. The van der Waals surface area contributed by atoms with E-state index in [1.165, 1.54) is 21.7 Å². The maximum atomic E-state index is 12.8. The lowest BCUT2D eigenvalue weighted by atomic mass is 9.99. The average molecular weight is 393 g/mol. The smallest absolute Gasteiger partial charge is 0.282 e. The molecule has 2 aromatic rings. The number of benzene rings is 2. The van der Waals surface area contributed by atoms with Gasteiger partial charge in [-0.25, -0.2) is 0 Å². The lowest BCUT2D eigenvalue weighted by molar-refractivity contribution is -0.909. The molecule has 0 radical (unpaired) electrons. The summed E-state index contributed by atoms with van der Waals surface area (Å²) in [5.74, 6) is 0.0793. The SMILES string of the molecule is C[C@H](C(=O)Nc1ccc(N2CCOCC2)cc1)[NH+]1CC=C(c2ccccc2)CC1. The summed E-state index contributed by atoms with van der Waals surface area (Å²) in [7, 11) is 0. The minimum absolute atomic E-state index is 0.0793. The largest absolute Gasteiger partial charge is 0.378 e. The topological polar surface area (TPSA) is 46.0 Å². The van der Waals surface area contributed by atoms with E-state index >= 15 is 0 Å². The molecule has 1 amide bonds. The molecule has 2 heterocycles. The van der Waals surface area contributed by atoms with Crippen molar-refractivity contribution in [2.24, 2.45) is 0 Å². The second-order valence-corrected chi connectivity index (χ2v) is 7.81. The third kappa shape index (κ3) is 4.86. The first-order valence-corrected chi connectivity index (χ1v) is 10.5. The fourth-order valence-electron chi connectivity index (χ4n) is 4.07. The Morgan fingerprint density at radius 2 is 1.79 bits per heavy atom. The number of rotatable bonds is 5. The van der Waals surface area contributed by atoms with Crippen molar-refractivity contribution in [1.29, 1.82) is 0 Å². The Kier molecular flexibility index (Phi) is 6.27. The maximum absolute atomic E-state index is 12.8. The van der Waals surface area contributed by atoms with E-state index in [0.717, 1.165) is 51.5 Å². The van der Waals surface area contributed by atoms with E-state index in [0.29, 0.717) is 0 Å². The highest BCUT2D eigenvalue weighted by Gasteiger charge is 2.27. The molecule has 152 valence electrons. The zero-order valence-electron chi connectivity index (χ0n) is 17.1. The summed E-state index contributed by atoms with van der Waals surface area (Å²) in [5, 5.41) is 3.09. The first kappa shape index (κ1) is 19.7. The van der Waals surface area contributed by atoms with Crippen LogP contribution in [0.15, 0.2) is 60.7 Å². The lowest BCUT2D eigenvalue weighted by Crippen LogP contribution is -3.17. The zero-order chi connectivity index (χ0) is 20.1. The number of hydrogen-bond acceptors (Lipinski definition) is 3. The molecule has 29 heavy (non-hydrogen) atoms. The number of hydrogen-bond donors (Lipinski definition) is 2. The number of ether oxygens (including phenoxy) is 1. The van der Waals surface area contributed by atoms with Gasteiger partial charge in [0.25, 0.3) is 5.91 Å². The van der Waals surface area contributed by atoms with Crippen LogP contribution in [0.25, 0.3) is 5.57 Å². The predicted molar refractivity (Wildman–Crippen MR) is 117 cm³/mol. The van der Waals surface area contributed by atoms with Crippen LogP contribution in [0.4, 0.5) is 11.4 Å². The number of carbonyl (C=O) groups excluding carboxylic acids is 1. The molecule has 5 nitrogen and oxygen atoms in total. The molecule has 1 fully saturated rings. The molecule has 2 N–H and O–H groups in total. The number of amides is 1. The minimum atomic E-state index is -0.0810. The molecule has 2 aromatic carbocycles. The maximum Gasteiger partial charge on any atom is 0.282 e. The van der Waals surface area contributed by atoms with E-state index in [4.69, 9.17) is 4.74 Å². The molecular weight excluding hydrogens is 362 g/mol. The lowest BCUT2D eigenvalue weighted by Gasteiger charge is -2.29. The van der Waals surface area contributed by atoms with E-state index in [2.05, 4.69) is 52.7 Å². The van der Waals surface area contributed by atoms with Gasteiger partial charge in [0.05, 0.1) is 26.3 Å². The molecule has 1 saturated heterocycles. The molecule has 4 rings (SSSR count). The number of nitrogens with zero attached hydrogens (tertiary/aromatic N) is 1. The summed E-state index contributed by atoms with van der Waals surface area (Å²) in [6, 6.07) is 18.6. The fraction of sp³-hybridized carbons (Fsp3) is 0.375. The quantitative estimate of drug-likeness (QED) is 0.820. The van der Waals surface area contributed by atoms with E-state index in [1.54, 1.807) is 0 Å². The average Bonchev–Trinajstić information content (AvgIpc) is 2.80. The summed E-state index contributed by atoms with van der Waals surface area (Å²) in [6.07, 6.45) is 3.29. The molecule has 0 aromatic heterocycles. The van der Waals surface area contributed by atoms with E-state index in [9.17, 15) is 4.79 Å². The van der Waals surface area contributed by atoms with Crippen molar-refractivity contribution in [2.75, 3.05) is 49.6 Å². The third-order valence-electron chi connectivity index (χ3n) is 5.99. The number of quaternary nitrogens is 1. The Morgan fingerprint density at radius 1 is 1.07 bits per heavy atom. The van der Waals surface area contributed by atoms with Gasteiger partial charge in [-0.15, -0.1) is 0 Å². The monoisotopic (exact) mass is 392 g/mol. The van der Waals surface area contributed by atoms with Gasteiger partial charge in [0.2, 0.25) is 0 Å². The van der Waals surface area contributed by atoms with E-state index in [1.807, 2.05) is 25.1 Å². The van der Waals surface area contributed by atoms with Gasteiger partial charge in [-0.3, -0.25) is 4.79 Å². The van der Waals surface area contributed by atoms with Crippen LogP contribution in [-0.4, -0.2) is 51.3 Å². The number of carbonyl (C=O) groups is 1. The highest BCUT2D eigenvalue weighted by molar-refractivity contribution is 5.93. The van der Waals surface area contributed by atoms with Crippen molar-refractivity contribution in [3.8, 4) is 0 Å². The van der Waals surface area contributed by atoms with Gasteiger partial charge in [0, 0.05) is 30.9 Å². The minimum Gasteiger partial charge on any atom is -0.378 e. The van der Waals surface area contributed by atoms with Crippen molar-refractivity contribution >= 4 is 22.9 Å². The third-order valence-corrected chi connectivity index (χ3v) is 5.99. The fourth-order valence-corrected chi connectivity index (χ4v) is 4.07. The van der Waals surface area contributed by atoms with Gasteiger partial charge in [-0.05, 0) is 48.4 Å². The van der Waals surface area contributed by atoms with Crippen molar-refractivity contribution in [3.05, 3.63) is 66.2 Å². The van der Waals surface area contributed by atoms with Crippen LogP contribution in [0.2, 0.25) is 0 Å². The van der Waals surface area contributed by atoms with Gasteiger partial charge in [-0.1, -0.05) is 30.3 Å². The Labute approximate surface area is 173 Å². The van der Waals surface area contributed by atoms with Crippen LogP contribution >= 0.6 is 0 Å². The van der Waals surface area contributed by atoms with Gasteiger partial charge >= 0.3 is 0 Å². The Morgan fingerprint density at radius 3 is 2.45 bits per heavy atom. The Hall–Kier alpha value is -2.63. The van der Waals surface area contributed by atoms with Crippen LogP contribution < -0.4 is 15.1 Å². The van der Waals surface area contributed by atoms with Crippen LogP contribution in [-0.2, 0) is 9.53 Å². The van der Waals surface area contributed by atoms with Gasteiger partial charge in [-0.2, -0.15) is 0 Å². The summed E-state index contributed by atoms with van der Waals surface area (Å²) < 4.78 is 5.41. The molecule has 1 unspecified atom stereocenters. The summed E-state index contributed by atoms with van der Waals surface area (Å²) in [4.78, 5) is 16.4. The second-order valence-electron chi connectivity index (χ2n) is 7.81. The molecular formula is C24H30N3O2+. The normalized spacial score (nSPS) is 20.7. The molecule has 0 bridgehead atoms. The predicted octanol–water partition coefficient (Wildman–Crippen LogP) is 2.22. The van der Waals surface area contributed by atoms with Crippen molar-refractivity contribution < 1.29 is 14.4 Å². The molecule has 2 atom stereocenters. The Bertz CT molecular complexity index is 842. The Balaban J connectivity index is 1.32. The van der Waals surface area contributed by atoms with Crippen molar-refractivity contribution in [1.82, 2.24) is 0 Å². The van der Waals surface area contributed by atoms with Crippen LogP contribution in [0, 0.1) is 0 Å². The highest BCUT2D eigenvalue weighted by atomic mass is 16.5. The van der Waals surface area contributed by atoms with Gasteiger partial charge < -0.3 is 19.9 Å². The highest BCUT2D eigenvalue weighted by Crippen LogP contribution is 2.20. The molecule has 2 aliphatic heterocycles. The molecule has 5 heteroatoms. The van der Waals surface area contributed by atoms with E-state index in [-0.39, 0.29) is 11.9 Å². The number of anilines is 2. The summed E-state index contributed by atoms with van der Waals surface area (Å²) in [5.41, 5.74) is 4.72. The van der Waals surface area contributed by atoms with Crippen LogP contribution in [0.5, 0.6) is 0 Å². The van der Waals surface area contributed by atoms with Crippen molar-refractivity contribution in [2.45, 2.75) is 19.4 Å². The van der Waals surface area contributed by atoms with Gasteiger partial charge in [0.15, 0.2) is 6.04 Å². The first-order valence-electron chi connectivity index (χ1n) is 10.5. The molecule has 2 aliphatic rings. The van der Waals surface area contributed by atoms with Crippen LogP contribution in [0.1, 0.15) is 18.9 Å². The van der Waals surface area contributed by atoms with E-state index < -0.39 is 0 Å².